The SMILES string of the molecule is CC(C)N1C(=O)c2ccc(C(=O)N3CCC(C(=O)Nc4ccccc4)CC3)cc2S1(=O)=O. The maximum Gasteiger partial charge on any atom is 0.269 e. The van der Waals surface area contributed by atoms with Crippen molar-refractivity contribution in [2.24, 2.45) is 5.92 Å². The summed E-state index contributed by atoms with van der Waals surface area (Å²) in [5.74, 6) is -1.14. The Morgan fingerprint density at radius 2 is 1.69 bits per heavy atom. The molecule has 0 spiro atoms. The molecule has 2 aliphatic rings. The van der Waals surface area contributed by atoms with E-state index in [4.69, 9.17) is 0 Å². The predicted octanol–water partition coefficient (Wildman–Crippen LogP) is 2.73. The molecule has 4 rings (SSSR count). The van der Waals surface area contributed by atoms with Gasteiger partial charge in [-0.05, 0) is 57.0 Å². The number of nitrogens with zero attached hydrogens (tertiary/aromatic N) is 2. The minimum absolute atomic E-state index is 0.0702. The minimum atomic E-state index is -3.97. The van der Waals surface area contributed by atoms with E-state index in [2.05, 4.69) is 5.32 Å². The molecule has 1 N–H and O–H groups in total. The van der Waals surface area contributed by atoms with E-state index in [1.54, 1.807) is 18.7 Å². The standard InChI is InChI=1S/C23H25N3O5S/c1-15(2)26-23(29)19-9-8-17(14-20(19)32(26,30)31)22(28)25-12-10-16(11-13-25)21(27)24-18-6-4-3-5-7-18/h3-9,14-16H,10-13H2,1-2H3,(H,24,27). The highest BCUT2D eigenvalue weighted by Gasteiger charge is 2.43. The van der Waals surface area contributed by atoms with E-state index in [9.17, 15) is 22.8 Å². The largest absolute Gasteiger partial charge is 0.339 e. The van der Waals surface area contributed by atoms with Crippen molar-refractivity contribution in [2.45, 2.75) is 37.6 Å². The second-order valence-corrected chi connectivity index (χ2v) is 10.1. The zero-order valence-electron chi connectivity index (χ0n) is 17.9. The molecule has 1 saturated heterocycles. The summed E-state index contributed by atoms with van der Waals surface area (Å²) in [5.41, 5.74) is 1.05. The molecule has 0 saturated carbocycles. The van der Waals surface area contributed by atoms with Gasteiger partial charge in [-0.25, -0.2) is 12.7 Å². The number of carbonyl (C=O) groups is 3. The highest BCUT2D eigenvalue weighted by atomic mass is 32.2. The van der Waals surface area contributed by atoms with Gasteiger partial charge in [-0.15, -0.1) is 0 Å². The van der Waals surface area contributed by atoms with E-state index < -0.39 is 22.0 Å². The fourth-order valence-electron chi connectivity index (χ4n) is 4.18. The molecule has 0 atom stereocenters. The van der Waals surface area contributed by atoms with Crippen LogP contribution in [0.3, 0.4) is 0 Å². The van der Waals surface area contributed by atoms with Crippen LogP contribution in [0.4, 0.5) is 5.69 Å². The Labute approximate surface area is 187 Å². The van der Waals surface area contributed by atoms with Crippen LogP contribution in [-0.2, 0) is 14.8 Å². The van der Waals surface area contributed by atoms with Gasteiger partial charge in [0.25, 0.3) is 21.8 Å². The molecule has 2 heterocycles. The monoisotopic (exact) mass is 455 g/mol. The Bertz CT molecular complexity index is 1170. The highest BCUT2D eigenvalue weighted by Crippen LogP contribution is 2.33. The molecule has 0 aromatic heterocycles. The van der Waals surface area contributed by atoms with E-state index in [0.29, 0.717) is 25.9 Å². The fraction of sp³-hybridized carbons (Fsp3) is 0.348. The number of anilines is 1. The number of likely N-dealkylation sites (tertiary alicyclic amines) is 1. The van der Waals surface area contributed by atoms with Crippen LogP contribution in [0, 0.1) is 5.92 Å². The highest BCUT2D eigenvalue weighted by molar-refractivity contribution is 7.90. The lowest BCUT2D eigenvalue weighted by molar-refractivity contribution is -0.121. The lowest BCUT2D eigenvalue weighted by atomic mass is 9.95. The number of para-hydroxylation sites is 1. The topological polar surface area (TPSA) is 104 Å². The van der Waals surface area contributed by atoms with Crippen LogP contribution in [0.5, 0.6) is 0 Å². The number of benzene rings is 2. The van der Waals surface area contributed by atoms with Gasteiger partial charge in [-0.1, -0.05) is 18.2 Å². The van der Waals surface area contributed by atoms with Gasteiger partial charge < -0.3 is 10.2 Å². The molecule has 0 aliphatic carbocycles. The van der Waals surface area contributed by atoms with Crippen LogP contribution in [0.2, 0.25) is 0 Å². The lowest BCUT2D eigenvalue weighted by Gasteiger charge is -2.31. The summed E-state index contributed by atoms with van der Waals surface area (Å²) in [7, 11) is -3.97. The van der Waals surface area contributed by atoms with E-state index in [1.807, 2.05) is 30.3 Å². The molecule has 3 amide bonds. The second-order valence-electron chi connectivity index (χ2n) is 8.33. The Hall–Kier alpha value is -3.20. The molecule has 0 unspecified atom stereocenters. The van der Waals surface area contributed by atoms with Gasteiger partial charge in [-0.2, -0.15) is 0 Å². The summed E-state index contributed by atoms with van der Waals surface area (Å²) in [6.45, 7) is 4.05. The first-order valence-corrected chi connectivity index (χ1v) is 12.0. The Morgan fingerprint density at radius 1 is 1.03 bits per heavy atom. The van der Waals surface area contributed by atoms with Crippen molar-refractivity contribution >= 4 is 33.4 Å². The van der Waals surface area contributed by atoms with Gasteiger partial charge in [0.1, 0.15) is 4.90 Å². The normalized spacial score (nSPS) is 18.0. The van der Waals surface area contributed by atoms with Crippen molar-refractivity contribution in [1.29, 1.82) is 0 Å². The van der Waals surface area contributed by atoms with Crippen molar-refractivity contribution in [3.05, 3.63) is 59.7 Å². The first-order chi connectivity index (χ1) is 15.2. The number of rotatable bonds is 4. The van der Waals surface area contributed by atoms with Gasteiger partial charge in [0.15, 0.2) is 0 Å². The molecule has 2 aromatic carbocycles. The van der Waals surface area contributed by atoms with Gasteiger partial charge in [0.05, 0.1) is 5.56 Å². The molecule has 1 fully saturated rings. The summed E-state index contributed by atoms with van der Waals surface area (Å²) in [4.78, 5) is 39.5. The Morgan fingerprint density at radius 3 is 2.31 bits per heavy atom. The fourth-order valence-corrected chi connectivity index (χ4v) is 5.98. The number of amides is 3. The summed E-state index contributed by atoms with van der Waals surface area (Å²) in [6.07, 6.45) is 1.04. The van der Waals surface area contributed by atoms with Crippen molar-refractivity contribution in [1.82, 2.24) is 9.21 Å². The van der Waals surface area contributed by atoms with Crippen molar-refractivity contribution in [3.8, 4) is 0 Å². The first-order valence-electron chi connectivity index (χ1n) is 10.6. The smallest absolute Gasteiger partial charge is 0.269 e. The first kappa shape index (κ1) is 22.0. The molecule has 168 valence electrons. The van der Waals surface area contributed by atoms with Crippen molar-refractivity contribution in [3.63, 3.8) is 0 Å². The predicted molar refractivity (Wildman–Crippen MR) is 119 cm³/mol. The molecule has 0 bridgehead atoms. The van der Waals surface area contributed by atoms with Crippen LogP contribution in [0.1, 0.15) is 47.4 Å². The van der Waals surface area contributed by atoms with Gasteiger partial charge in [0.2, 0.25) is 5.91 Å². The van der Waals surface area contributed by atoms with Crippen molar-refractivity contribution in [2.75, 3.05) is 18.4 Å². The zero-order chi connectivity index (χ0) is 23.0. The molecule has 2 aliphatic heterocycles. The minimum Gasteiger partial charge on any atom is -0.339 e. The third-order valence-corrected chi connectivity index (χ3v) is 7.86. The Balaban J connectivity index is 1.44. The molecular weight excluding hydrogens is 430 g/mol. The number of piperidine rings is 1. The number of carbonyl (C=O) groups excluding carboxylic acids is 3. The number of hydrogen-bond acceptors (Lipinski definition) is 5. The van der Waals surface area contributed by atoms with Crippen LogP contribution in [-0.4, -0.2) is 54.5 Å². The average Bonchev–Trinajstić information content (AvgIpc) is 2.98. The summed E-state index contributed by atoms with van der Waals surface area (Å²) in [5, 5.41) is 2.90. The average molecular weight is 456 g/mol. The maximum atomic E-state index is 13.0. The van der Waals surface area contributed by atoms with E-state index in [-0.39, 0.29) is 33.8 Å². The van der Waals surface area contributed by atoms with E-state index >= 15 is 0 Å². The molecule has 32 heavy (non-hydrogen) atoms. The molecule has 9 heteroatoms. The maximum absolute atomic E-state index is 13.0. The van der Waals surface area contributed by atoms with Crippen molar-refractivity contribution < 1.29 is 22.8 Å². The third kappa shape index (κ3) is 3.88. The lowest BCUT2D eigenvalue weighted by Crippen LogP contribution is -2.41. The molecule has 8 nitrogen and oxygen atoms in total. The van der Waals surface area contributed by atoms with Gasteiger partial charge >= 0.3 is 0 Å². The second kappa shape index (κ2) is 8.38. The van der Waals surface area contributed by atoms with Gasteiger partial charge in [-0.3, -0.25) is 14.4 Å². The van der Waals surface area contributed by atoms with E-state index in [1.165, 1.54) is 18.2 Å². The van der Waals surface area contributed by atoms with Gasteiger partial charge in [0, 0.05) is 36.3 Å². The van der Waals surface area contributed by atoms with E-state index in [0.717, 1.165) is 9.99 Å². The quantitative estimate of drug-likeness (QED) is 0.764. The van der Waals surface area contributed by atoms with Crippen LogP contribution in [0.15, 0.2) is 53.4 Å². The zero-order valence-corrected chi connectivity index (χ0v) is 18.8. The number of nitrogens with one attached hydrogen (secondary N) is 1. The molecular formula is C23H25N3O5S. The van der Waals surface area contributed by atoms with Crippen LogP contribution >= 0.6 is 0 Å². The molecule has 0 radical (unpaired) electrons. The summed E-state index contributed by atoms with van der Waals surface area (Å²) < 4.78 is 26.4. The summed E-state index contributed by atoms with van der Waals surface area (Å²) >= 11 is 0. The van der Waals surface area contributed by atoms with Crippen LogP contribution < -0.4 is 5.32 Å². The number of hydrogen-bond donors (Lipinski definition) is 1. The molecule has 2 aromatic rings. The van der Waals surface area contributed by atoms with Crippen LogP contribution in [0.25, 0.3) is 0 Å². The summed E-state index contributed by atoms with van der Waals surface area (Å²) in [6, 6.07) is 12.9. The Kier molecular flexibility index (Phi) is 5.77. The number of fused-ring (bicyclic) bond motifs is 1. The third-order valence-electron chi connectivity index (χ3n) is 5.86. The number of sulfonamides is 1.